The minimum absolute atomic E-state index is 0.0421. The maximum Gasteiger partial charge on any atom is 0.312 e. The number of esters is 1. The van der Waals surface area contributed by atoms with Crippen LogP contribution < -0.4 is 10.2 Å². The van der Waals surface area contributed by atoms with Crippen molar-refractivity contribution in [3.05, 3.63) is 68.8 Å². The van der Waals surface area contributed by atoms with Crippen LogP contribution in [0, 0.1) is 0 Å². The molecule has 5 rings (SSSR count). The highest BCUT2D eigenvalue weighted by Gasteiger charge is 2.34. The van der Waals surface area contributed by atoms with Crippen molar-refractivity contribution in [1.82, 2.24) is 0 Å². The van der Waals surface area contributed by atoms with Crippen LogP contribution in [0.3, 0.4) is 0 Å². The molecule has 1 aromatic heterocycles. The predicted molar refractivity (Wildman–Crippen MR) is 120 cm³/mol. The van der Waals surface area contributed by atoms with Crippen molar-refractivity contribution < 1.29 is 39.5 Å². The molecule has 0 saturated heterocycles. The Hall–Kier alpha value is -4.37. The topological polar surface area (TPSA) is 158 Å². The number of fused-ring (bicyclic) bond motifs is 3. The van der Waals surface area contributed by atoms with Gasteiger partial charge in [-0.1, -0.05) is 17.7 Å². The lowest BCUT2D eigenvalue weighted by Gasteiger charge is -2.26. The largest absolute Gasteiger partial charge is 0.507 e. The quantitative estimate of drug-likeness (QED) is 0.161. The highest BCUT2D eigenvalue weighted by Crippen LogP contribution is 2.48. The molecule has 2 heterocycles. The number of aromatic hydroxyl groups is 5. The molecule has 0 unspecified atom stereocenters. The first-order chi connectivity index (χ1) is 16.2. The zero-order chi connectivity index (χ0) is 24.3. The molecule has 0 radical (unpaired) electrons. The maximum absolute atomic E-state index is 13.0. The van der Waals surface area contributed by atoms with Crippen LogP contribution in [-0.2, 0) is 4.79 Å². The van der Waals surface area contributed by atoms with Gasteiger partial charge in [0.05, 0.1) is 11.4 Å². The van der Waals surface area contributed by atoms with E-state index in [9.17, 15) is 35.1 Å². The Morgan fingerprint density at radius 2 is 1.59 bits per heavy atom. The van der Waals surface area contributed by atoms with Gasteiger partial charge in [0.2, 0.25) is 11.2 Å². The number of carbonyl (C=O) groups excluding carboxylic acids is 1. The lowest BCUT2D eigenvalue weighted by Crippen LogP contribution is -2.22. The molecule has 1 aliphatic rings. The molecule has 0 amide bonds. The number of halogens is 1. The van der Waals surface area contributed by atoms with Gasteiger partial charge >= 0.3 is 5.97 Å². The molecule has 0 fully saturated rings. The van der Waals surface area contributed by atoms with Gasteiger partial charge in [0, 0.05) is 23.1 Å². The highest BCUT2D eigenvalue weighted by atomic mass is 35.5. The Morgan fingerprint density at radius 3 is 2.29 bits per heavy atom. The van der Waals surface area contributed by atoms with Gasteiger partial charge in [-0.25, -0.2) is 0 Å². The Labute approximate surface area is 195 Å². The van der Waals surface area contributed by atoms with Crippen LogP contribution in [0.5, 0.6) is 34.5 Å². The van der Waals surface area contributed by atoms with E-state index in [-0.39, 0.29) is 50.8 Å². The molecular weight excluding hydrogens is 468 g/mol. The Morgan fingerprint density at radius 1 is 0.853 bits per heavy atom. The summed E-state index contributed by atoms with van der Waals surface area (Å²) in [6, 6.07) is 9.00. The molecule has 172 valence electrons. The minimum Gasteiger partial charge on any atom is -0.507 e. The van der Waals surface area contributed by atoms with Crippen LogP contribution in [0.4, 0.5) is 0 Å². The summed E-state index contributed by atoms with van der Waals surface area (Å²) in [6.07, 6.45) is -0.159. The second-order valence-corrected chi connectivity index (χ2v) is 8.17. The van der Waals surface area contributed by atoms with Gasteiger partial charge in [-0.3, -0.25) is 9.59 Å². The number of ether oxygens (including phenoxy) is 1. The van der Waals surface area contributed by atoms with E-state index in [1.54, 1.807) is 6.07 Å². The van der Waals surface area contributed by atoms with Gasteiger partial charge in [0.25, 0.3) is 0 Å². The third-order valence-corrected chi connectivity index (χ3v) is 5.98. The Balaban J connectivity index is 1.85. The first-order valence-electron chi connectivity index (χ1n) is 9.92. The van der Waals surface area contributed by atoms with Crippen LogP contribution in [-0.4, -0.2) is 31.5 Å². The normalized spacial score (nSPS) is 15.2. The molecule has 34 heavy (non-hydrogen) atoms. The monoisotopic (exact) mass is 482 g/mol. The Bertz CT molecular complexity index is 1570. The molecule has 9 nitrogen and oxygen atoms in total. The number of hydrogen-bond acceptors (Lipinski definition) is 9. The van der Waals surface area contributed by atoms with Crippen LogP contribution in [0.2, 0.25) is 5.02 Å². The van der Waals surface area contributed by atoms with Gasteiger partial charge in [-0.15, -0.1) is 0 Å². The summed E-state index contributed by atoms with van der Waals surface area (Å²) in [5.41, 5.74) is -0.283. The van der Waals surface area contributed by atoms with Gasteiger partial charge in [-0.2, -0.15) is 0 Å². The summed E-state index contributed by atoms with van der Waals surface area (Å²) < 4.78 is 11.2. The molecule has 0 spiro atoms. The van der Waals surface area contributed by atoms with E-state index >= 15 is 0 Å². The molecule has 4 aromatic rings. The van der Waals surface area contributed by atoms with Gasteiger partial charge < -0.3 is 34.7 Å². The summed E-state index contributed by atoms with van der Waals surface area (Å²) in [6.45, 7) is 0. The number of benzene rings is 3. The molecule has 0 bridgehead atoms. The zero-order valence-corrected chi connectivity index (χ0v) is 17.8. The summed E-state index contributed by atoms with van der Waals surface area (Å²) in [5, 5.41) is 50.0. The fourth-order valence-electron chi connectivity index (χ4n) is 4.07. The van der Waals surface area contributed by atoms with Gasteiger partial charge in [-0.05, 0) is 35.9 Å². The van der Waals surface area contributed by atoms with Crippen LogP contribution in [0.15, 0.2) is 51.7 Å². The number of carbonyl (C=O) groups is 1. The Kier molecular flexibility index (Phi) is 4.80. The van der Waals surface area contributed by atoms with E-state index in [1.165, 1.54) is 18.2 Å². The molecule has 1 aliphatic heterocycles. The van der Waals surface area contributed by atoms with Crippen molar-refractivity contribution in [2.45, 2.75) is 12.3 Å². The molecular formula is C24H15ClO9. The first-order valence-corrected chi connectivity index (χ1v) is 10.3. The molecule has 10 heteroatoms. The third kappa shape index (κ3) is 3.25. The van der Waals surface area contributed by atoms with Gasteiger partial charge in [0.1, 0.15) is 28.2 Å². The van der Waals surface area contributed by atoms with E-state index < -0.39 is 40.3 Å². The molecule has 3 aromatic carbocycles. The number of rotatable bonds is 2. The molecule has 5 N–H and O–H groups in total. The summed E-state index contributed by atoms with van der Waals surface area (Å²) in [7, 11) is 0. The summed E-state index contributed by atoms with van der Waals surface area (Å²) in [4.78, 5) is 25.4. The predicted octanol–water partition coefficient (Wildman–Crippen LogP) is 4.08. The standard InChI is InChI=1S/C24H15ClO9/c25-12-5-9(1-3-13(12)26)11-7-18(30)33-17-8-16(29)20-21(31)22(32)23(34-24(20)19(11)17)10-2-4-14(27)15(28)6-10/h1-6,8,11,26-29,32H,7H2/t11-/m0/s1. The minimum atomic E-state index is -0.955. The van der Waals surface area contributed by atoms with E-state index in [2.05, 4.69) is 0 Å². The average molecular weight is 483 g/mol. The lowest BCUT2D eigenvalue weighted by molar-refractivity contribution is -0.135. The van der Waals surface area contributed by atoms with E-state index in [0.29, 0.717) is 5.56 Å². The van der Waals surface area contributed by atoms with Crippen molar-refractivity contribution in [3.8, 4) is 45.8 Å². The van der Waals surface area contributed by atoms with Crippen molar-refractivity contribution in [1.29, 1.82) is 0 Å². The van der Waals surface area contributed by atoms with Crippen LogP contribution >= 0.6 is 11.6 Å². The fraction of sp³-hybridized carbons (Fsp3) is 0.0833. The second-order valence-electron chi connectivity index (χ2n) is 7.77. The van der Waals surface area contributed by atoms with Gasteiger partial charge in [0.15, 0.2) is 17.3 Å². The SMILES string of the molecule is O=C1C[C@@H](c2ccc(O)c(Cl)c2)c2c(cc(O)c3c(=O)c(O)c(-c4ccc(O)c(O)c4)oc23)O1. The lowest BCUT2D eigenvalue weighted by atomic mass is 9.85. The van der Waals surface area contributed by atoms with E-state index in [0.717, 1.165) is 18.2 Å². The van der Waals surface area contributed by atoms with Crippen molar-refractivity contribution >= 4 is 28.5 Å². The third-order valence-electron chi connectivity index (χ3n) is 5.68. The van der Waals surface area contributed by atoms with Crippen molar-refractivity contribution in [2.24, 2.45) is 0 Å². The fourth-order valence-corrected chi connectivity index (χ4v) is 4.26. The smallest absolute Gasteiger partial charge is 0.312 e. The zero-order valence-electron chi connectivity index (χ0n) is 17.1. The molecule has 0 saturated carbocycles. The summed E-state index contributed by atoms with van der Waals surface area (Å²) in [5.74, 6) is -4.22. The van der Waals surface area contributed by atoms with Crippen molar-refractivity contribution in [3.63, 3.8) is 0 Å². The molecule has 1 atom stereocenters. The van der Waals surface area contributed by atoms with E-state index in [4.69, 9.17) is 20.8 Å². The van der Waals surface area contributed by atoms with Crippen molar-refractivity contribution in [2.75, 3.05) is 0 Å². The second kappa shape index (κ2) is 7.60. The first kappa shape index (κ1) is 21.5. The average Bonchev–Trinajstić information content (AvgIpc) is 2.78. The van der Waals surface area contributed by atoms with Crippen LogP contribution in [0.25, 0.3) is 22.3 Å². The number of phenols is 4. The van der Waals surface area contributed by atoms with E-state index in [1.807, 2.05) is 0 Å². The van der Waals surface area contributed by atoms with Crippen LogP contribution in [0.1, 0.15) is 23.5 Å². The number of hydrogen-bond donors (Lipinski definition) is 5. The highest BCUT2D eigenvalue weighted by molar-refractivity contribution is 6.32. The summed E-state index contributed by atoms with van der Waals surface area (Å²) >= 11 is 6.06. The molecule has 0 aliphatic carbocycles. The maximum atomic E-state index is 13.0. The number of phenolic OH excluding ortho intramolecular Hbond substituents is 4.